The van der Waals surface area contributed by atoms with Crippen LogP contribution in [0.2, 0.25) is 5.02 Å². The molecule has 2 atom stereocenters. The Bertz CT molecular complexity index is 1130. The van der Waals surface area contributed by atoms with Crippen molar-refractivity contribution in [1.82, 2.24) is 10.5 Å². The number of hydrogen-bond acceptors (Lipinski definition) is 6. The van der Waals surface area contributed by atoms with Crippen molar-refractivity contribution in [2.75, 3.05) is 0 Å². The fourth-order valence-corrected chi connectivity index (χ4v) is 6.11. The Morgan fingerprint density at radius 3 is 2.65 bits per heavy atom. The lowest BCUT2D eigenvalue weighted by Crippen LogP contribution is -2.77. The number of nitrogens with zero attached hydrogens (tertiary/aromatic N) is 1. The number of aliphatic hydroxyl groups excluding tert-OH is 1. The van der Waals surface area contributed by atoms with Gasteiger partial charge in [0.1, 0.15) is 11.5 Å². The van der Waals surface area contributed by atoms with E-state index in [1.807, 2.05) is 6.07 Å². The first-order chi connectivity index (χ1) is 16.0. The third-order valence-electron chi connectivity index (χ3n) is 7.62. The van der Waals surface area contributed by atoms with E-state index in [-0.39, 0.29) is 42.0 Å². The summed E-state index contributed by atoms with van der Waals surface area (Å²) in [6.07, 6.45) is -4.30. The molecule has 0 saturated heterocycles. The number of alkyl halides is 3. The average Bonchev–Trinajstić information content (AvgIpc) is 3.14. The largest absolute Gasteiger partial charge is 0.522 e. The van der Waals surface area contributed by atoms with Crippen molar-refractivity contribution in [3.8, 4) is 5.75 Å². The minimum absolute atomic E-state index is 0.123. The smallest absolute Gasteiger partial charge is 0.480 e. The predicted octanol–water partition coefficient (Wildman–Crippen LogP) is 4.29. The van der Waals surface area contributed by atoms with Crippen molar-refractivity contribution >= 4 is 17.5 Å². The normalized spacial score (nSPS) is 35.8. The van der Waals surface area contributed by atoms with Crippen LogP contribution in [0.25, 0.3) is 0 Å². The van der Waals surface area contributed by atoms with E-state index in [1.54, 1.807) is 18.2 Å². The van der Waals surface area contributed by atoms with E-state index < -0.39 is 24.7 Å². The molecule has 1 aliphatic heterocycles. The second kappa shape index (κ2) is 7.35. The lowest BCUT2D eigenvalue weighted by Gasteiger charge is -2.69. The molecule has 7 rings (SSSR count). The molecule has 182 valence electrons. The van der Waals surface area contributed by atoms with Gasteiger partial charge in [0.05, 0.1) is 17.9 Å². The lowest BCUT2D eigenvalue weighted by atomic mass is 9.38. The van der Waals surface area contributed by atoms with Crippen LogP contribution in [0.3, 0.4) is 0 Å². The van der Waals surface area contributed by atoms with Crippen LogP contribution in [0.4, 0.5) is 13.2 Å². The molecule has 4 aliphatic carbocycles. The Kier molecular flexibility index (Phi) is 4.80. The van der Waals surface area contributed by atoms with E-state index in [9.17, 15) is 23.1 Å². The zero-order valence-corrected chi connectivity index (χ0v) is 18.7. The fraction of sp³-hybridized carbons (Fsp3) is 0.565. The molecule has 1 amide bonds. The topological polar surface area (TPSA) is 93.8 Å². The Hall–Kier alpha value is -2.30. The first kappa shape index (κ1) is 22.2. The maximum absolute atomic E-state index is 12.9. The van der Waals surface area contributed by atoms with Gasteiger partial charge in [-0.3, -0.25) is 9.53 Å². The predicted molar refractivity (Wildman–Crippen MR) is 111 cm³/mol. The molecule has 2 heterocycles. The number of fused-ring (bicyclic) bond motifs is 1. The molecule has 4 saturated carbocycles. The highest BCUT2D eigenvalue weighted by Gasteiger charge is 2.70. The molecule has 34 heavy (non-hydrogen) atoms. The van der Waals surface area contributed by atoms with Gasteiger partial charge in [0.15, 0.2) is 6.10 Å². The van der Waals surface area contributed by atoms with E-state index in [0.29, 0.717) is 41.4 Å². The highest BCUT2D eigenvalue weighted by Crippen LogP contribution is 2.67. The van der Waals surface area contributed by atoms with Crippen LogP contribution in [0, 0.1) is 0 Å². The van der Waals surface area contributed by atoms with Gasteiger partial charge < -0.3 is 19.7 Å². The van der Waals surface area contributed by atoms with E-state index in [0.717, 1.165) is 5.69 Å². The third kappa shape index (κ3) is 3.67. The Labute approximate surface area is 197 Å². The van der Waals surface area contributed by atoms with E-state index in [1.165, 1.54) is 0 Å². The van der Waals surface area contributed by atoms with Gasteiger partial charge >= 0.3 is 6.36 Å². The summed E-state index contributed by atoms with van der Waals surface area (Å²) in [5.41, 5.74) is 0.865. The summed E-state index contributed by atoms with van der Waals surface area (Å²) in [7, 11) is 0. The van der Waals surface area contributed by atoms with Crippen molar-refractivity contribution in [2.24, 2.45) is 0 Å². The minimum Gasteiger partial charge on any atom is -0.480 e. The Morgan fingerprint density at radius 2 is 1.94 bits per heavy atom. The van der Waals surface area contributed by atoms with Crippen LogP contribution in [0.1, 0.15) is 67.6 Å². The second-order valence-corrected chi connectivity index (χ2v) is 10.5. The Balaban J connectivity index is 1.03. The molecule has 0 unspecified atom stereocenters. The van der Waals surface area contributed by atoms with Crippen LogP contribution in [0.15, 0.2) is 28.8 Å². The molecule has 1 aromatic carbocycles. The summed E-state index contributed by atoms with van der Waals surface area (Å²) in [4.78, 5) is 12.9. The van der Waals surface area contributed by atoms with Crippen molar-refractivity contribution in [3.05, 3.63) is 46.3 Å². The number of halogens is 4. The SMILES string of the molecule is O=C(NC12CC(c3cc([C@H]4C[C@@H](OC(F)(F)F)C4)on3)(C1)C2)[C@@H]1C[C@@H](O)c2cc(Cl)ccc2O1. The zero-order chi connectivity index (χ0) is 23.9. The monoisotopic (exact) mass is 498 g/mol. The molecule has 4 fully saturated rings. The molecule has 11 heteroatoms. The summed E-state index contributed by atoms with van der Waals surface area (Å²) in [5.74, 6) is 0.649. The van der Waals surface area contributed by atoms with Crippen molar-refractivity contribution in [2.45, 2.75) is 80.1 Å². The quantitative estimate of drug-likeness (QED) is 0.639. The van der Waals surface area contributed by atoms with Crippen LogP contribution < -0.4 is 10.1 Å². The summed E-state index contributed by atoms with van der Waals surface area (Å²) in [5, 5.41) is 18.2. The van der Waals surface area contributed by atoms with Gasteiger partial charge in [-0.1, -0.05) is 16.8 Å². The molecular weight excluding hydrogens is 477 g/mol. The summed E-state index contributed by atoms with van der Waals surface area (Å²) in [6.45, 7) is 0. The van der Waals surface area contributed by atoms with Crippen molar-refractivity contribution < 1.29 is 37.1 Å². The van der Waals surface area contributed by atoms with Crippen molar-refractivity contribution in [3.63, 3.8) is 0 Å². The number of rotatable bonds is 5. The molecular formula is C23H22ClF3N2O5. The molecule has 0 spiro atoms. The maximum atomic E-state index is 12.9. The van der Waals surface area contributed by atoms with Crippen LogP contribution in [0.5, 0.6) is 5.75 Å². The number of nitrogens with one attached hydrogen (secondary N) is 1. The minimum atomic E-state index is -4.62. The summed E-state index contributed by atoms with van der Waals surface area (Å²) in [6, 6.07) is 6.78. The summed E-state index contributed by atoms with van der Waals surface area (Å²) < 4.78 is 52.2. The van der Waals surface area contributed by atoms with Gasteiger partial charge in [-0.25, -0.2) is 0 Å². The molecule has 5 aliphatic rings. The number of amides is 1. The molecule has 1 aromatic heterocycles. The molecule has 0 radical (unpaired) electrons. The number of carbonyl (C=O) groups excluding carboxylic acids is 1. The molecule has 2 aromatic rings. The van der Waals surface area contributed by atoms with Gasteiger partial charge in [-0.15, -0.1) is 13.2 Å². The first-order valence-corrected chi connectivity index (χ1v) is 11.6. The third-order valence-corrected chi connectivity index (χ3v) is 7.85. The molecule has 2 bridgehead atoms. The highest BCUT2D eigenvalue weighted by molar-refractivity contribution is 6.30. The second-order valence-electron chi connectivity index (χ2n) is 10.1. The standard InChI is InChI=1S/C23H22ClF3N2O5/c24-12-1-2-16-14(5-12)15(30)6-18(32-16)20(31)28-22-8-21(9-22,10-22)19-7-17(34-29-19)11-3-13(4-11)33-23(25,26)27/h1-2,5,7,11,13,15,18,30H,3-4,6,8-10H2,(H,28,31)/t11-,13+,15-,18+,21?,22?/m1/s1. The average molecular weight is 499 g/mol. The first-order valence-electron chi connectivity index (χ1n) is 11.2. The van der Waals surface area contributed by atoms with Crippen molar-refractivity contribution in [1.29, 1.82) is 0 Å². The number of aromatic nitrogens is 1. The van der Waals surface area contributed by atoms with Gasteiger partial charge in [-0.05, 0) is 50.3 Å². The van der Waals surface area contributed by atoms with Gasteiger partial charge in [0, 0.05) is 39.9 Å². The van der Waals surface area contributed by atoms with E-state index in [4.69, 9.17) is 20.9 Å². The fourth-order valence-electron chi connectivity index (χ4n) is 5.93. The number of ether oxygens (including phenoxy) is 2. The molecule has 2 N–H and O–H groups in total. The van der Waals surface area contributed by atoms with Gasteiger partial charge in [0.2, 0.25) is 0 Å². The zero-order valence-electron chi connectivity index (χ0n) is 17.9. The van der Waals surface area contributed by atoms with E-state index in [2.05, 4.69) is 15.2 Å². The number of hydrogen-bond donors (Lipinski definition) is 2. The summed E-state index contributed by atoms with van der Waals surface area (Å²) >= 11 is 5.98. The number of aliphatic hydroxyl groups is 1. The molecule has 7 nitrogen and oxygen atoms in total. The maximum Gasteiger partial charge on any atom is 0.522 e. The van der Waals surface area contributed by atoms with Crippen LogP contribution in [-0.4, -0.2) is 40.3 Å². The van der Waals surface area contributed by atoms with Gasteiger partial charge in [-0.2, -0.15) is 0 Å². The number of benzene rings is 1. The highest BCUT2D eigenvalue weighted by atomic mass is 35.5. The lowest BCUT2D eigenvalue weighted by molar-refractivity contribution is -0.352. The number of carbonyl (C=O) groups is 1. The van der Waals surface area contributed by atoms with Crippen LogP contribution in [-0.2, 0) is 14.9 Å². The Morgan fingerprint density at radius 1 is 1.21 bits per heavy atom. The van der Waals surface area contributed by atoms with E-state index >= 15 is 0 Å². The van der Waals surface area contributed by atoms with Crippen LogP contribution >= 0.6 is 11.6 Å². The van der Waals surface area contributed by atoms with Gasteiger partial charge in [0.25, 0.3) is 5.91 Å².